The lowest BCUT2D eigenvalue weighted by molar-refractivity contribution is -0.134. The van der Waals surface area contributed by atoms with E-state index in [4.69, 9.17) is 4.74 Å². The second kappa shape index (κ2) is 6.40. The third-order valence-corrected chi connectivity index (χ3v) is 2.45. The molecule has 0 spiro atoms. The number of benzene rings is 2. The van der Waals surface area contributed by atoms with E-state index in [1.807, 2.05) is 54.6 Å². The van der Waals surface area contributed by atoms with Crippen LogP contribution in [0.15, 0.2) is 60.7 Å². The van der Waals surface area contributed by atoms with Crippen LogP contribution in [0.25, 0.3) is 6.08 Å². The normalized spacial score (nSPS) is 10.4. The van der Waals surface area contributed by atoms with Crippen molar-refractivity contribution in [1.29, 1.82) is 0 Å². The van der Waals surface area contributed by atoms with E-state index in [1.165, 1.54) is 13.2 Å². The van der Waals surface area contributed by atoms with Crippen LogP contribution in [0.1, 0.15) is 5.56 Å². The SMILES string of the molecule is COC(=O)C=Cc1cccc(Oc2ccccc2)c1. The summed E-state index contributed by atoms with van der Waals surface area (Å²) in [6, 6.07) is 17.0. The van der Waals surface area contributed by atoms with Gasteiger partial charge in [-0.2, -0.15) is 0 Å². The van der Waals surface area contributed by atoms with E-state index in [-0.39, 0.29) is 5.97 Å². The van der Waals surface area contributed by atoms with Crippen LogP contribution in [0, 0.1) is 0 Å². The van der Waals surface area contributed by atoms with E-state index in [0.29, 0.717) is 0 Å². The molecule has 0 aromatic heterocycles. The molecule has 0 atom stereocenters. The summed E-state index contributed by atoms with van der Waals surface area (Å²) in [7, 11) is 1.35. The fraction of sp³-hybridized carbons (Fsp3) is 0.0625. The minimum absolute atomic E-state index is 0.380. The maximum atomic E-state index is 11.0. The largest absolute Gasteiger partial charge is 0.466 e. The lowest BCUT2D eigenvalue weighted by Gasteiger charge is -2.05. The average Bonchev–Trinajstić information content (AvgIpc) is 2.46. The van der Waals surface area contributed by atoms with Crippen molar-refractivity contribution < 1.29 is 14.3 Å². The molecule has 0 saturated heterocycles. The molecule has 0 aliphatic rings. The second-order valence-corrected chi connectivity index (χ2v) is 3.84. The fourth-order valence-corrected chi connectivity index (χ4v) is 1.54. The number of ether oxygens (including phenoxy) is 2. The quantitative estimate of drug-likeness (QED) is 0.617. The molecule has 0 aliphatic heterocycles. The third-order valence-electron chi connectivity index (χ3n) is 2.45. The highest BCUT2D eigenvalue weighted by Crippen LogP contribution is 2.22. The molecule has 0 radical (unpaired) electrons. The number of esters is 1. The Labute approximate surface area is 112 Å². The van der Waals surface area contributed by atoms with Gasteiger partial charge in [-0.05, 0) is 35.9 Å². The first-order valence-corrected chi connectivity index (χ1v) is 5.87. The Morgan fingerprint density at radius 1 is 1.00 bits per heavy atom. The highest BCUT2D eigenvalue weighted by atomic mass is 16.5. The molecule has 96 valence electrons. The molecule has 0 fully saturated rings. The van der Waals surface area contributed by atoms with Gasteiger partial charge in [0.25, 0.3) is 0 Å². The topological polar surface area (TPSA) is 35.5 Å². The van der Waals surface area contributed by atoms with Crippen LogP contribution in [-0.2, 0) is 9.53 Å². The molecule has 2 aromatic carbocycles. The second-order valence-electron chi connectivity index (χ2n) is 3.84. The summed E-state index contributed by atoms with van der Waals surface area (Å²) in [6.45, 7) is 0. The lowest BCUT2D eigenvalue weighted by Crippen LogP contribution is -1.93. The maximum Gasteiger partial charge on any atom is 0.330 e. The molecular formula is C16H14O3. The van der Waals surface area contributed by atoms with E-state index in [1.54, 1.807) is 6.08 Å². The van der Waals surface area contributed by atoms with Crippen LogP contribution in [0.3, 0.4) is 0 Å². The van der Waals surface area contributed by atoms with Crippen LogP contribution >= 0.6 is 0 Å². The zero-order valence-electron chi connectivity index (χ0n) is 10.6. The molecule has 3 heteroatoms. The van der Waals surface area contributed by atoms with Crippen LogP contribution in [-0.4, -0.2) is 13.1 Å². The molecule has 19 heavy (non-hydrogen) atoms. The Morgan fingerprint density at radius 3 is 2.47 bits per heavy atom. The molecule has 2 rings (SSSR count). The van der Waals surface area contributed by atoms with Crippen molar-refractivity contribution in [2.45, 2.75) is 0 Å². The monoisotopic (exact) mass is 254 g/mol. The van der Waals surface area contributed by atoms with Crippen molar-refractivity contribution in [3.63, 3.8) is 0 Å². The number of hydrogen-bond donors (Lipinski definition) is 0. The van der Waals surface area contributed by atoms with E-state index < -0.39 is 0 Å². The van der Waals surface area contributed by atoms with E-state index in [0.717, 1.165) is 17.1 Å². The van der Waals surface area contributed by atoms with Crippen molar-refractivity contribution in [1.82, 2.24) is 0 Å². The summed E-state index contributed by atoms with van der Waals surface area (Å²) in [4.78, 5) is 11.0. The molecule has 0 unspecified atom stereocenters. The van der Waals surface area contributed by atoms with E-state index in [2.05, 4.69) is 4.74 Å². The highest BCUT2D eigenvalue weighted by Gasteiger charge is 1.98. The van der Waals surface area contributed by atoms with Gasteiger partial charge in [0.1, 0.15) is 11.5 Å². The number of para-hydroxylation sites is 1. The van der Waals surface area contributed by atoms with Gasteiger partial charge in [-0.15, -0.1) is 0 Å². The highest BCUT2D eigenvalue weighted by molar-refractivity contribution is 5.86. The summed E-state index contributed by atoms with van der Waals surface area (Å²) < 4.78 is 10.2. The molecule has 0 aliphatic carbocycles. The van der Waals surface area contributed by atoms with Crippen molar-refractivity contribution in [3.05, 3.63) is 66.2 Å². The van der Waals surface area contributed by atoms with Crippen LogP contribution in [0.5, 0.6) is 11.5 Å². The fourth-order valence-electron chi connectivity index (χ4n) is 1.54. The Hall–Kier alpha value is -2.55. The summed E-state index contributed by atoms with van der Waals surface area (Å²) in [5.74, 6) is 1.11. The van der Waals surface area contributed by atoms with Gasteiger partial charge in [-0.3, -0.25) is 0 Å². The Kier molecular flexibility index (Phi) is 4.34. The smallest absolute Gasteiger partial charge is 0.330 e. The van der Waals surface area contributed by atoms with E-state index >= 15 is 0 Å². The van der Waals surface area contributed by atoms with Gasteiger partial charge in [0.2, 0.25) is 0 Å². The zero-order chi connectivity index (χ0) is 13.5. The number of rotatable bonds is 4. The van der Waals surface area contributed by atoms with Crippen LogP contribution < -0.4 is 4.74 Å². The molecule has 0 heterocycles. The Bertz CT molecular complexity index is 574. The molecular weight excluding hydrogens is 240 g/mol. The first kappa shape index (κ1) is 12.9. The molecule has 2 aromatic rings. The summed E-state index contributed by atoms with van der Waals surface area (Å²) >= 11 is 0. The summed E-state index contributed by atoms with van der Waals surface area (Å²) in [5.41, 5.74) is 0.874. The Morgan fingerprint density at radius 2 is 1.74 bits per heavy atom. The van der Waals surface area contributed by atoms with Gasteiger partial charge in [-0.25, -0.2) is 4.79 Å². The Balaban J connectivity index is 2.11. The molecule has 0 N–H and O–H groups in total. The van der Waals surface area contributed by atoms with Crippen LogP contribution in [0.4, 0.5) is 0 Å². The van der Waals surface area contributed by atoms with Crippen molar-refractivity contribution >= 4 is 12.0 Å². The first-order valence-electron chi connectivity index (χ1n) is 5.87. The number of hydrogen-bond acceptors (Lipinski definition) is 3. The molecule has 3 nitrogen and oxygen atoms in total. The number of carbonyl (C=O) groups is 1. The van der Waals surface area contributed by atoms with Gasteiger partial charge >= 0.3 is 5.97 Å². The lowest BCUT2D eigenvalue weighted by atomic mass is 10.2. The van der Waals surface area contributed by atoms with Gasteiger partial charge in [0, 0.05) is 6.08 Å². The minimum Gasteiger partial charge on any atom is -0.466 e. The van der Waals surface area contributed by atoms with Gasteiger partial charge in [0.15, 0.2) is 0 Å². The van der Waals surface area contributed by atoms with Crippen molar-refractivity contribution in [3.8, 4) is 11.5 Å². The van der Waals surface area contributed by atoms with E-state index in [9.17, 15) is 4.79 Å². The molecule has 0 saturated carbocycles. The molecule has 0 amide bonds. The van der Waals surface area contributed by atoms with Crippen molar-refractivity contribution in [2.24, 2.45) is 0 Å². The van der Waals surface area contributed by atoms with Crippen molar-refractivity contribution in [2.75, 3.05) is 7.11 Å². The predicted octanol–water partition coefficient (Wildman–Crippen LogP) is 3.67. The van der Waals surface area contributed by atoms with Gasteiger partial charge in [0.05, 0.1) is 7.11 Å². The molecule has 0 bridgehead atoms. The number of carbonyl (C=O) groups excluding carboxylic acids is 1. The summed E-state index contributed by atoms with van der Waals surface area (Å²) in [5, 5.41) is 0. The summed E-state index contributed by atoms with van der Waals surface area (Å²) in [6.07, 6.45) is 3.06. The standard InChI is InChI=1S/C16H14O3/c1-18-16(17)11-10-13-6-5-9-15(12-13)19-14-7-3-2-4-8-14/h2-12H,1H3. The van der Waals surface area contributed by atoms with Gasteiger partial charge in [-0.1, -0.05) is 30.3 Å². The minimum atomic E-state index is -0.380. The first-order chi connectivity index (χ1) is 9.28. The third kappa shape index (κ3) is 4.00. The van der Waals surface area contributed by atoms with Crippen LogP contribution in [0.2, 0.25) is 0 Å². The number of methoxy groups -OCH3 is 1. The maximum absolute atomic E-state index is 11.0. The predicted molar refractivity (Wildman–Crippen MR) is 74.0 cm³/mol. The van der Waals surface area contributed by atoms with Gasteiger partial charge < -0.3 is 9.47 Å². The zero-order valence-corrected chi connectivity index (χ0v) is 10.6. The average molecular weight is 254 g/mol.